The summed E-state index contributed by atoms with van der Waals surface area (Å²) in [4.78, 5) is 12.2. The number of nitrogens with one attached hydrogen (secondary N) is 2. The number of carbonyl (C=O) groups excluding carboxylic acids is 1. The maximum absolute atomic E-state index is 12.2. The van der Waals surface area contributed by atoms with E-state index in [1.54, 1.807) is 0 Å². The molecule has 2 rings (SSSR count). The number of amides is 1. The van der Waals surface area contributed by atoms with Gasteiger partial charge in [0.25, 0.3) is 5.91 Å². The lowest BCUT2D eigenvalue weighted by molar-refractivity contribution is -0.128. The number of rotatable bonds is 6. The summed E-state index contributed by atoms with van der Waals surface area (Å²) >= 11 is 0. The SMILES string of the molecule is CC(C)(CCCO)CNC(=O)C1CNc2ccccc2O1. The van der Waals surface area contributed by atoms with Crippen LogP contribution in [0.25, 0.3) is 0 Å². The number of hydrogen-bond donors (Lipinski definition) is 3. The summed E-state index contributed by atoms with van der Waals surface area (Å²) in [5.41, 5.74) is 0.892. The minimum Gasteiger partial charge on any atom is -0.477 e. The van der Waals surface area contributed by atoms with Crippen LogP contribution in [0, 0.1) is 5.41 Å². The van der Waals surface area contributed by atoms with E-state index in [9.17, 15) is 4.79 Å². The van der Waals surface area contributed by atoms with Crippen LogP contribution in [0.5, 0.6) is 5.75 Å². The van der Waals surface area contributed by atoms with Crippen molar-refractivity contribution < 1.29 is 14.6 Å². The monoisotopic (exact) mass is 292 g/mol. The van der Waals surface area contributed by atoms with Crippen LogP contribution in [0.15, 0.2) is 24.3 Å². The maximum Gasteiger partial charge on any atom is 0.262 e. The Balaban J connectivity index is 1.85. The molecule has 1 amide bonds. The van der Waals surface area contributed by atoms with Crippen LogP contribution in [-0.2, 0) is 4.79 Å². The van der Waals surface area contributed by atoms with Gasteiger partial charge in [0, 0.05) is 13.2 Å². The van der Waals surface area contributed by atoms with Gasteiger partial charge in [0.15, 0.2) is 6.10 Å². The highest BCUT2D eigenvalue weighted by atomic mass is 16.5. The fourth-order valence-electron chi connectivity index (χ4n) is 2.35. The zero-order chi connectivity index (χ0) is 15.3. The number of aliphatic hydroxyl groups is 1. The molecule has 0 radical (unpaired) electrons. The molecular formula is C16H24N2O3. The molecule has 0 spiro atoms. The number of benzene rings is 1. The first-order valence-corrected chi connectivity index (χ1v) is 7.40. The third-order valence-corrected chi connectivity index (χ3v) is 3.68. The molecule has 5 heteroatoms. The van der Waals surface area contributed by atoms with E-state index in [-0.39, 0.29) is 17.9 Å². The van der Waals surface area contributed by atoms with E-state index in [4.69, 9.17) is 9.84 Å². The predicted molar refractivity (Wildman–Crippen MR) is 82.5 cm³/mol. The second-order valence-electron chi connectivity index (χ2n) is 6.19. The van der Waals surface area contributed by atoms with Crippen molar-refractivity contribution in [2.45, 2.75) is 32.8 Å². The molecule has 3 N–H and O–H groups in total. The van der Waals surface area contributed by atoms with Gasteiger partial charge in [0.2, 0.25) is 0 Å². The van der Waals surface area contributed by atoms with Crippen molar-refractivity contribution in [1.82, 2.24) is 5.32 Å². The van der Waals surface area contributed by atoms with Crippen molar-refractivity contribution >= 4 is 11.6 Å². The van der Waals surface area contributed by atoms with Gasteiger partial charge in [0.05, 0.1) is 12.2 Å². The van der Waals surface area contributed by atoms with Crippen molar-refractivity contribution in [1.29, 1.82) is 0 Å². The van der Waals surface area contributed by atoms with E-state index in [2.05, 4.69) is 24.5 Å². The van der Waals surface area contributed by atoms with Crippen LogP contribution in [0.3, 0.4) is 0 Å². The molecule has 1 heterocycles. The van der Waals surface area contributed by atoms with Crippen molar-refractivity contribution in [2.75, 3.05) is 25.0 Å². The smallest absolute Gasteiger partial charge is 0.262 e. The average molecular weight is 292 g/mol. The minimum atomic E-state index is -0.506. The van der Waals surface area contributed by atoms with Crippen LogP contribution in [0.1, 0.15) is 26.7 Å². The van der Waals surface area contributed by atoms with E-state index in [0.717, 1.165) is 18.5 Å². The largest absolute Gasteiger partial charge is 0.477 e. The Kier molecular flexibility index (Phi) is 5.07. The Morgan fingerprint density at radius 3 is 3.00 bits per heavy atom. The normalized spacial score (nSPS) is 17.4. The lowest BCUT2D eigenvalue weighted by atomic mass is 9.88. The first-order valence-electron chi connectivity index (χ1n) is 7.40. The molecule has 1 aliphatic rings. The summed E-state index contributed by atoms with van der Waals surface area (Å²) in [7, 11) is 0. The molecule has 0 fully saturated rings. The molecule has 0 saturated heterocycles. The van der Waals surface area contributed by atoms with Crippen molar-refractivity contribution in [3.05, 3.63) is 24.3 Å². The Morgan fingerprint density at radius 2 is 2.24 bits per heavy atom. The summed E-state index contributed by atoms with van der Waals surface area (Å²) in [6.45, 7) is 5.40. The highest BCUT2D eigenvalue weighted by molar-refractivity contribution is 5.83. The lowest BCUT2D eigenvalue weighted by Gasteiger charge is -2.29. The number of hydrogen-bond acceptors (Lipinski definition) is 4. The molecule has 1 atom stereocenters. The van der Waals surface area contributed by atoms with E-state index in [0.29, 0.717) is 18.8 Å². The molecule has 21 heavy (non-hydrogen) atoms. The van der Waals surface area contributed by atoms with Crippen LogP contribution in [-0.4, -0.2) is 36.8 Å². The Morgan fingerprint density at radius 1 is 1.48 bits per heavy atom. The van der Waals surface area contributed by atoms with E-state index in [1.807, 2.05) is 24.3 Å². The minimum absolute atomic E-state index is 0.0294. The molecular weight excluding hydrogens is 268 g/mol. The second-order valence-corrected chi connectivity index (χ2v) is 6.19. The molecule has 0 aromatic heterocycles. The summed E-state index contributed by atoms with van der Waals surface area (Å²) in [5.74, 6) is 0.609. The zero-order valence-electron chi connectivity index (χ0n) is 12.7. The Bertz CT molecular complexity index is 488. The van der Waals surface area contributed by atoms with Crippen molar-refractivity contribution in [2.24, 2.45) is 5.41 Å². The van der Waals surface area contributed by atoms with Gasteiger partial charge >= 0.3 is 0 Å². The third-order valence-electron chi connectivity index (χ3n) is 3.68. The topological polar surface area (TPSA) is 70.6 Å². The van der Waals surface area contributed by atoms with E-state index >= 15 is 0 Å². The van der Waals surface area contributed by atoms with Gasteiger partial charge in [-0.3, -0.25) is 4.79 Å². The number of para-hydroxylation sites is 2. The van der Waals surface area contributed by atoms with Crippen LogP contribution < -0.4 is 15.4 Å². The fourth-order valence-corrected chi connectivity index (χ4v) is 2.35. The number of ether oxygens (including phenoxy) is 1. The summed E-state index contributed by atoms with van der Waals surface area (Å²) < 4.78 is 5.73. The summed E-state index contributed by atoms with van der Waals surface area (Å²) in [6.07, 6.45) is 1.11. The van der Waals surface area contributed by atoms with Gasteiger partial charge in [-0.2, -0.15) is 0 Å². The third kappa shape index (κ3) is 4.36. The highest BCUT2D eigenvalue weighted by Gasteiger charge is 2.27. The number of fused-ring (bicyclic) bond motifs is 1. The number of anilines is 1. The summed E-state index contributed by atoms with van der Waals surface area (Å²) in [6, 6.07) is 7.60. The second kappa shape index (κ2) is 6.80. The molecule has 1 aromatic rings. The average Bonchev–Trinajstić information content (AvgIpc) is 2.50. The van der Waals surface area contributed by atoms with Crippen molar-refractivity contribution in [3.8, 4) is 5.75 Å². The van der Waals surface area contributed by atoms with Gasteiger partial charge in [-0.25, -0.2) is 0 Å². The Labute approximate surface area is 125 Å². The van der Waals surface area contributed by atoms with Gasteiger partial charge < -0.3 is 20.5 Å². The first-order chi connectivity index (χ1) is 10.0. The number of aliphatic hydroxyl groups excluding tert-OH is 1. The number of carbonyl (C=O) groups is 1. The Hall–Kier alpha value is -1.75. The fraction of sp³-hybridized carbons (Fsp3) is 0.562. The zero-order valence-corrected chi connectivity index (χ0v) is 12.7. The van der Waals surface area contributed by atoms with Gasteiger partial charge in [0.1, 0.15) is 5.75 Å². The van der Waals surface area contributed by atoms with E-state index in [1.165, 1.54) is 0 Å². The van der Waals surface area contributed by atoms with Crippen LogP contribution in [0.4, 0.5) is 5.69 Å². The quantitative estimate of drug-likeness (QED) is 0.747. The van der Waals surface area contributed by atoms with E-state index < -0.39 is 6.10 Å². The predicted octanol–water partition coefficient (Wildman–Crippen LogP) is 1.77. The van der Waals surface area contributed by atoms with Crippen molar-refractivity contribution in [3.63, 3.8) is 0 Å². The van der Waals surface area contributed by atoms with Gasteiger partial charge in [-0.05, 0) is 30.4 Å². The molecule has 116 valence electrons. The van der Waals surface area contributed by atoms with Crippen LogP contribution in [0.2, 0.25) is 0 Å². The molecule has 1 aromatic carbocycles. The standard InChI is InChI=1S/C16H24N2O3/c1-16(2,8-5-9-19)11-18-15(20)14-10-17-12-6-3-4-7-13(12)21-14/h3-4,6-7,14,17,19H,5,8-11H2,1-2H3,(H,18,20). The molecule has 1 aliphatic heterocycles. The lowest BCUT2D eigenvalue weighted by Crippen LogP contribution is -2.47. The van der Waals surface area contributed by atoms with Gasteiger partial charge in [-0.15, -0.1) is 0 Å². The van der Waals surface area contributed by atoms with Crippen LogP contribution >= 0.6 is 0 Å². The molecule has 0 aliphatic carbocycles. The summed E-state index contributed by atoms with van der Waals surface area (Å²) in [5, 5.41) is 15.0. The highest BCUT2D eigenvalue weighted by Crippen LogP contribution is 2.28. The molecule has 0 saturated carbocycles. The molecule has 1 unspecified atom stereocenters. The van der Waals surface area contributed by atoms with Gasteiger partial charge in [-0.1, -0.05) is 26.0 Å². The molecule has 0 bridgehead atoms. The first kappa shape index (κ1) is 15.6. The maximum atomic E-state index is 12.2. The molecule has 5 nitrogen and oxygen atoms in total.